The zero-order valence-corrected chi connectivity index (χ0v) is 9.10. The van der Waals surface area contributed by atoms with Gasteiger partial charge in [-0.2, -0.15) is 0 Å². The molecule has 0 saturated heterocycles. The van der Waals surface area contributed by atoms with Gasteiger partial charge in [0.05, 0.1) is 0 Å². The molecule has 15 heavy (non-hydrogen) atoms. The number of carbonyl (C=O) groups excluding carboxylic acids is 1. The van der Waals surface area contributed by atoms with E-state index in [1.807, 2.05) is 0 Å². The number of Topliss-reactive ketones (excluding diaryl/α,β-unsaturated/α-hetero) is 1. The molecule has 4 nitrogen and oxygen atoms in total. The second kappa shape index (κ2) is 4.40. The summed E-state index contributed by atoms with van der Waals surface area (Å²) in [6, 6.07) is 3.26. The summed E-state index contributed by atoms with van der Waals surface area (Å²) in [5, 5.41) is 0. The van der Waals surface area contributed by atoms with Gasteiger partial charge in [0.1, 0.15) is 13.2 Å². The van der Waals surface area contributed by atoms with Gasteiger partial charge in [0, 0.05) is 17.3 Å². The molecule has 1 aliphatic heterocycles. The average Bonchev–Trinajstić information content (AvgIpc) is 2.16. The van der Waals surface area contributed by atoms with E-state index in [1.165, 1.54) is 6.92 Å². The summed E-state index contributed by atoms with van der Waals surface area (Å²) in [5.74, 6) is 1.13. The van der Waals surface area contributed by atoms with Crippen LogP contribution in [0.2, 0.25) is 0 Å². The van der Waals surface area contributed by atoms with Gasteiger partial charge < -0.3 is 15.2 Å². The van der Waals surface area contributed by atoms with Crippen LogP contribution in [0, 0.1) is 0 Å². The van der Waals surface area contributed by atoms with Crippen LogP contribution < -0.4 is 15.2 Å². The lowest BCUT2D eigenvalue weighted by molar-refractivity contribution is 0.101. The van der Waals surface area contributed by atoms with Gasteiger partial charge in [0.15, 0.2) is 17.3 Å². The molecule has 2 rings (SSSR count). The molecule has 0 fully saturated rings. The molecule has 0 saturated carbocycles. The lowest BCUT2D eigenvalue weighted by Crippen LogP contribution is -2.16. The van der Waals surface area contributed by atoms with E-state index in [4.69, 9.17) is 15.2 Å². The van der Waals surface area contributed by atoms with Crippen molar-refractivity contribution in [3.05, 3.63) is 17.7 Å². The van der Waals surface area contributed by atoms with Gasteiger partial charge in [-0.15, -0.1) is 12.4 Å². The zero-order chi connectivity index (χ0) is 10.1. The normalized spacial score (nSPS) is 12.9. The summed E-state index contributed by atoms with van der Waals surface area (Å²) in [6.07, 6.45) is 0. The Kier molecular flexibility index (Phi) is 3.42. The molecule has 1 aromatic carbocycles. The summed E-state index contributed by atoms with van der Waals surface area (Å²) in [6.45, 7) is 2.50. The first kappa shape index (κ1) is 11.7. The summed E-state index contributed by atoms with van der Waals surface area (Å²) in [5.41, 5.74) is 6.60. The number of carbonyl (C=O) groups is 1. The van der Waals surface area contributed by atoms with Crippen molar-refractivity contribution in [3.63, 3.8) is 0 Å². The molecule has 5 heteroatoms. The van der Waals surface area contributed by atoms with E-state index >= 15 is 0 Å². The van der Waals surface area contributed by atoms with Crippen molar-refractivity contribution in [3.8, 4) is 11.5 Å². The van der Waals surface area contributed by atoms with E-state index in [0.717, 1.165) is 0 Å². The summed E-state index contributed by atoms with van der Waals surface area (Å²) >= 11 is 0. The monoisotopic (exact) mass is 229 g/mol. The molecule has 0 amide bonds. The minimum atomic E-state index is -0.0699. The lowest BCUT2D eigenvalue weighted by atomic mass is 10.1. The second-order valence-electron chi connectivity index (χ2n) is 3.14. The first-order valence-corrected chi connectivity index (χ1v) is 4.38. The SMILES string of the molecule is CC(=O)c1cc2c(cc1N)OCCO2.Cl. The van der Waals surface area contributed by atoms with Crippen LogP contribution in [0.5, 0.6) is 11.5 Å². The molecule has 0 unspecified atom stereocenters. The van der Waals surface area contributed by atoms with E-state index in [1.54, 1.807) is 12.1 Å². The quantitative estimate of drug-likeness (QED) is 0.588. The van der Waals surface area contributed by atoms with Crippen molar-refractivity contribution in [1.29, 1.82) is 0 Å². The number of fused-ring (bicyclic) bond motifs is 1. The lowest BCUT2D eigenvalue weighted by Gasteiger charge is -2.19. The fourth-order valence-corrected chi connectivity index (χ4v) is 1.41. The molecule has 1 aliphatic rings. The molecule has 0 spiro atoms. The molecular weight excluding hydrogens is 218 g/mol. The Morgan fingerprint density at radius 1 is 1.27 bits per heavy atom. The van der Waals surface area contributed by atoms with E-state index in [2.05, 4.69) is 0 Å². The van der Waals surface area contributed by atoms with Crippen LogP contribution in [0.3, 0.4) is 0 Å². The number of ether oxygens (including phenoxy) is 2. The fraction of sp³-hybridized carbons (Fsp3) is 0.300. The molecule has 0 aromatic heterocycles. The topological polar surface area (TPSA) is 61.6 Å². The standard InChI is InChI=1S/C10H11NO3.ClH/c1-6(12)7-4-9-10(5-8(7)11)14-3-2-13-9;/h4-5H,2-3,11H2,1H3;1H. The molecule has 1 heterocycles. The number of halogens is 1. The number of hydrogen-bond donors (Lipinski definition) is 1. The first-order valence-electron chi connectivity index (χ1n) is 4.38. The van der Waals surface area contributed by atoms with Crippen LogP contribution in [-0.4, -0.2) is 19.0 Å². The minimum absolute atomic E-state index is 0. The maximum absolute atomic E-state index is 11.2. The number of nitrogens with two attached hydrogens (primary N) is 1. The Balaban J connectivity index is 0.00000112. The summed E-state index contributed by atoms with van der Waals surface area (Å²) < 4.78 is 10.7. The third-order valence-corrected chi connectivity index (χ3v) is 2.09. The molecule has 0 bridgehead atoms. The fourth-order valence-electron chi connectivity index (χ4n) is 1.41. The Labute approximate surface area is 93.8 Å². The Bertz CT molecular complexity index is 392. The van der Waals surface area contributed by atoms with Crippen LogP contribution in [0.1, 0.15) is 17.3 Å². The zero-order valence-electron chi connectivity index (χ0n) is 8.28. The molecule has 1 aromatic rings. The van der Waals surface area contributed by atoms with E-state index < -0.39 is 0 Å². The Morgan fingerprint density at radius 3 is 2.33 bits per heavy atom. The molecule has 2 N–H and O–H groups in total. The van der Waals surface area contributed by atoms with Gasteiger partial charge in [-0.3, -0.25) is 4.79 Å². The van der Waals surface area contributed by atoms with E-state index in [0.29, 0.717) is 36.0 Å². The van der Waals surface area contributed by atoms with Crippen LogP contribution in [0.25, 0.3) is 0 Å². The van der Waals surface area contributed by atoms with Crippen molar-refractivity contribution in [2.45, 2.75) is 6.92 Å². The van der Waals surface area contributed by atoms with Crippen molar-refractivity contribution >= 4 is 23.9 Å². The Hall–Kier alpha value is -1.42. The van der Waals surface area contributed by atoms with Gasteiger partial charge in [-0.25, -0.2) is 0 Å². The van der Waals surface area contributed by atoms with Gasteiger partial charge >= 0.3 is 0 Å². The predicted octanol–water partition coefficient (Wildman–Crippen LogP) is 1.66. The molecule has 0 aliphatic carbocycles. The third-order valence-electron chi connectivity index (χ3n) is 2.09. The van der Waals surface area contributed by atoms with Gasteiger partial charge in [0.2, 0.25) is 0 Å². The predicted molar refractivity (Wildman–Crippen MR) is 59.1 cm³/mol. The summed E-state index contributed by atoms with van der Waals surface area (Å²) in [4.78, 5) is 11.2. The smallest absolute Gasteiger partial charge is 0.163 e. The van der Waals surface area contributed by atoms with E-state index in [-0.39, 0.29) is 18.2 Å². The third kappa shape index (κ3) is 2.15. The highest BCUT2D eigenvalue weighted by Gasteiger charge is 2.16. The number of rotatable bonds is 1. The largest absolute Gasteiger partial charge is 0.486 e. The van der Waals surface area contributed by atoms with Gasteiger partial charge in [-0.1, -0.05) is 0 Å². The van der Waals surface area contributed by atoms with E-state index in [9.17, 15) is 4.79 Å². The van der Waals surface area contributed by atoms with Gasteiger partial charge in [-0.05, 0) is 13.0 Å². The number of anilines is 1. The number of nitrogen functional groups attached to an aromatic ring is 1. The highest BCUT2D eigenvalue weighted by Crippen LogP contribution is 2.34. The van der Waals surface area contributed by atoms with Crippen LogP contribution in [0.4, 0.5) is 5.69 Å². The molecule has 82 valence electrons. The highest BCUT2D eigenvalue weighted by molar-refractivity contribution is 5.99. The van der Waals surface area contributed by atoms with Crippen molar-refractivity contribution in [2.75, 3.05) is 18.9 Å². The number of hydrogen-bond acceptors (Lipinski definition) is 4. The molecule has 0 atom stereocenters. The van der Waals surface area contributed by atoms with Crippen molar-refractivity contribution < 1.29 is 14.3 Å². The van der Waals surface area contributed by atoms with Crippen LogP contribution >= 0.6 is 12.4 Å². The first-order chi connectivity index (χ1) is 6.68. The van der Waals surface area contributed by atoms with Crippen LogP contribution in [-0.2, 0) is 0 Å². The Morgan fingerprint density at radius 2 is 1.80 bits per heavy atom. The minimum Gasteiger partial charge on any atom is -0.486 e. The van der Waals surface area contributed by atoms with Crippen molar-refractivity contribution in [1.82, 2.24) is 0 Å². The maximum atomic E-state index is 11.2. The van der Waals surface area contributed by atoms with Crippen molar-refractivity contribution in [2.24, 2.45) is 0 Å². The second-order valence-corrected chi connectivity index (χ2v) is 3.14. The highest BCUT2D eigenvalue weighted by atomic mass is 35.5. The average molecular weight is 230 g/mol. The summed E-state index contributed by atoms with van der Waals surface area (Å²) in [7, 11) is 0. The number of benzene rings is 1. The van der Waals surface area contributed by atoms with Crippen LogP contribution in [0.15, 0.2) is 12.1 Å². The molecular formula is C10H12ClNO3. The maximum Gasteiger partial charge on any atom is 0.163 e. The molecule has 0 radical (unpaired) electrons. The van der Waals surface area contributed by atoms with Gasteiger partial charge in [0.25, 0.3) is 0 Å². The number of ketones is 1.